The lowest BCUT2D eigenvalue weighted by Crippen LogP contribution is -2.13. The average molecular weight is 354 g/mol. The molecule has 134 valence electrons. The van der Waals surface area contributed by atoms with Crippen molar-refractivity contribution < 1.29 is 27.1 Å². The highest BCUT2D eigenvalue weighted by Gasteiger charge is 2.24. The van der Waals surface area contributed by atoms with Crippen LogP contribution in [-0.2, 0) is 17.6 Å². The maximum absolute atomic E-state index is 14.1. The lowest BCUT2D eigenvalue weighted by molar-refractivity contribution is 0.0507. The van der Waals surface area contributed by atoms with Crippen molar-refractivity contribution >= 4 is 5.97 Å². The first kappa shape index (κ1) is 19.0. The van der Waals surface area contributed by atoms with Gasteiger partial charge >= 0.3 is 5.97 Å². The molecule has 0 atom stereocenters. The number of unbranched alkanes of at least 4 members (excludes halogenated alkanes) is 1. The fourth-order valence-electron chi connectivity index (χ4n) is 2.42. The van der Waals surface area contributed by atoms with Gasteiger partial charge in [0.2, 0.25) is 0 Å². The van der Waals surface area contributed by atoms with Gasteiger partial charge in [-0.15, -0.1) is 0 Å². The van der Waals surface area contributed by atoms with Crippen molar-refractivity contribution in [2.75, 3.05) is 6.61 Å². The second-order valence-corrected chi connectivity index (χ2v) is 5.57. The zero-order valence-corrected chi connectivity index (χ0v) is 13.8. The van der Waals surface area contributed by atoms with Gasteiger partial charge in [-0.3, -0.25) is 0 Å². The number of benzene rings is 2. The Morgan fingerprint density at radius 1 is 0.880 bits per heavy atom. The number of ether oxygens (including phenoxy) is 1. The van der Waals surface area contributed by atoms with Gasteiger partial charge in [0.15, 0.2) is 23.3 Å². The first-order chi connectivity index (χ1) is 12.0. The Balaban J connectivity index is 2.11. The summed E-state index contributed by atoms with van der Waals surface area (Å²) in [5.41, 5.74) is -1.06. The third-order valence-electron chi connectivity index (χ3n) is 3.82. The van der Waals surface area contributed by atoms with Crippen LogP contribution in [0.2, 0.25) is 0 Å². The molecule has 0 bridgehead atoms. The van der Waals surface area contributed by atoms with E-state index in [-0.39, 0.29) is 12.0 Å². The number of hydrogen-bond donors (Lipinski definition) is 0. The van der Waals surface area contributed by atoms with Crippen molar-refractivity contribution in [1.29, 1.82) is 0 Å². The van der Waals surface area contributed by atoms with E-state index in [0.29, 0.717) is 12.8 Å². The number of carbonyl (C=O) groups is 1. The Bertz CT molecular complexity index is 716. The molecule has 0 saturated heterocycles. The van der Waals surface area contributed by atoms with Gasteiger partial charge in [-0.25, -0.2) is 22.4 Å². The maximum Gasteiger partial charge on any atom is 0.338 e. The predicted octanol–water partition coefficient (Wildman–Crippen LogP) is 4.99. The summed E-state index contributed by atoms with van der Waals surface area (Å²) >= 11 is 0. The van der Waals surface area contributed by atoms with E-state index < -0.39 is 53.4 Å². The van der Waals surface area contributed by atoms with E-state index in [2.05, 4.69) is 0 Å². The third kappa shape index (κ3) is 4.38. The van der Waals surface area contributed by atoms with E-state index in [1.54, 1.807) is 25.1 Å². The lowest BCUT2D eigenvalue weighted by Gasteiger charge is -2.12. The molecule has 25 heavy (non-hydrogen) atoms. The molecule has 6 heteroatoms. The molecule has 0 saturated carbocycles. The van der Waals surface area contributed by atoms with Crippen LogP contribution in [0, 0.1) is 23.3 Å². The second kappa shape index (κ2) is 8.65. The summed E-state index contributed by atoms with van der Waals surface area (Å²) in [5.74, 6) is -6.29. The van der Waals surface area contributed by atoms with Crippen LogP contribution in [-0.4, -0.2) is 12.6 Å². The number of hydrogen-bond acceptors (Lipinski definition) is 2. The van der Waals surface area contributed by atoms with E-state index in [4.69, 9.17) is 4.74 Å². The monoisotopic (exact) mass is 354 g/mol. The minimum absolute atomic E-state index is 0.0781. The fourth-order valence-corrected chi connectivity index (χ4v) is 2.42. The highest BCUT2D eigenvalue weighted by Crippen LogP contribution is 2.26. The molecule has 0 aliphatic heterocycles. The highest BCUT2D eigenvalue weighted by molar-refractivity contribution is 5.89. The van der Waals surface area contributed by atoms with Crippen LogP contribution in [0.15, 0.2) is 30.3 Å². The standard InChI is InChI=1S/C19H18F4O2/c1-2-3-9-13-15(20)17(22)14(18(23)16(13)21)10-11-25-19(24)12-7-5-4-6-8-12/h4-8H,2-3,9-11H2,1H3. The van der Waals surface area contributed by atoms with Crippen LogP contribution >= 0.6 is 0 Å². The first-order valence-electron chi connectivity index (χ1n) is 8.03. The fraction of sp³-hybridized carbons (Fsp3) is 0.316. The summed E-state index contributed by atoms with van der Waals surface area (Å²) in [6, 6.07) is 8.02. The highest BCUT2D eigenvalue weighted by atomic mass is 19.2. The molecule has 0 aliphatic carbocycles. The Morgan fingerprint density at radius 3 is 1.92 bits per heavy atom. The second-order valence-electron chi connectivity index (χ2n) is 5.57. The summed E-state index contributed by atoms with van der Waals surface area (Å²) in [6.45, 7) is 1.41. The molecule has 0 heterocycles. The molecule has 0 unspecified atom stereocenters. The molecule has 2 rings (SSSR count). The van der Waals surface area contributed by atoms with Gasteiger partial charge in [-0.1, -0.05) is 31.5 Å². The number of rotatable bonds is 7. The summed E-state index contributed by atoms with van der Waals surface area (Å²) in [4.78, 5) is 11.8. The molecule has 0 aromatic heterocycles. The van der Waals surface area contributed by atoms with Crippen LogP contribution < -0.4 is 0 Å². The number of esters is 1. The van der Waals surface area contributed by atoms with Crippen LogP contribution in [0.5, 0.6) is 0 Å². The average Bonchev–Trinajstić information content (AvgIpc) is 2.63. The Kier molecular flexibility index (Phi) is 6.56. The molecule has 0 aliphatic rings. The smallest absolute Gasteiger partial charge is 0.338 e. The van der Waals surface area contributed by atoms with Gasteiger partial charge < -0.3 is 4.74 Å². The first-order valence-corrected chi connectivity index (χ1v) is 8.03. The molecule has 0 amide bonds. The summed E-state index contributed by atoms with van der Waals surface area (Å²) in [5, 5.41) is 0. The van der Waals surface area contributed by atoms with Crippen molar-refractivity contribution in [3.63, 3.8) is 0 Å². The van der Waals surface area contributed by atoms with E-state index in [1.165, 1.54) is 12.1 Å². The molecule has 2 nitrogen and oxygen atoms in total. The quantitative estimate of drug-likeness (QED) is 0.398. The van der Waals surface area contributed by atoms with E-state index in [1.807, 2.05) is 0 Å². The zero-order valence-electron chi connectivity index (χ0n) is 13.8. The van der Waals surface area contributed by atoms with Gasteiger partial charge in [0, 0.05) is 17.5 Å². The Morgan fingerprint density at radius 2 is 1.40 bits per heavy atom. The van der Waals surface area contributed by atoms with E-state index in [9.17, 15) is 22.4 Å². The number of carbonyl (C=O) groups excluding carboxylic acids is 1. The lowest BCUT2D eigenvalue weighted by atomic mass is 10.0. The van der Waals surface area contributed by atoms with Crippen molar-refractivity contribution in [3.05, 3.63) is 70.3 Å². The van der Waals surface area contributed by atoms with E-state index in [0.717, 1.165) is 0 Å². The normalized spacial score (nSPS) is 10.8. The van der Waals surface area contributed by atoms with Crippen molar-refractivity contribution in [3.8, 4) is 0 Å². The van der Waals surface area contributed by atoms with Crippen molar-refractivity contribution in [2.24, 2.45) is 0 Å². The van der Waals surface area contributed by atoms with Crippen LogP contribution in [0.3, 0.4) is 0 Å². The minimum Gasteiger partial charge on any atom is -0.462 e. The zero-order chi connectivity index (χ0) is 18.4. The van der Waals surface area contributed by atoms with Gasteiger partial charge in [0.05, 0.1) is 12.2 Å². The number of halogens is 4. The molecule has 0 radical (unpaired) electrons. The molecule has 2 aromatic carbocycles. The van der Waals surface area contributed by atoms with Gasteiger partial charge in [0.1, 0.15) is 0 Å². The SMILES string of the molecule is CCCCc1c(F)c(F)c(CCOC(=O)c2ccccc2)c(F)c1F. The summed E-state index contributed by atoms with van der Waals surface area (Å²) in [7, 11) is 0. The molecule has 0 N–H and O–H groups in total. The van der Waals surface area contributed by atoms with Crippen LogP contribution in [0.1, 0.15) is 41.3 Å². The summed E-state index contributed by atoms with van der Waals surface area (Å²) < 4.78 is 61.0. The Labute approximate surface area is 143 Å². The molecular formula is C19H18F4O2. The molecular weight excluding hydrogens is 336 g/mol. The Hall–Kier alpha value is -2.37. The minimum atomic E-state index is -1.43. The van der Waals surface area contributed by atoms with Crippen molar-refractivity contribution in [1.82, 2.24) is 0 Å². The molecule has 0 fully saturated rings. The van der Waals surface area contributed by atoms with Crippen molar-refractivity contribution in [2.45, 2.75) is 32.6 Å². The van der Waals surface area contributed by atoms with Gasteiger partial charge in [-0.2, -0.15) is 0 Å². The molecule has 2 aromatic rings. The predicted molar refractivity (Wildman–Crippen MR) is 85.3 cm³/mol. The summed E-state index contributed by atoms with van der Waals surface area (Å²) in [6.07, 6.45) is 0.517. The largest absolute Gasteiger partial charge is 0.462 e. The van der Waals surface area contributed by atoms with E-state index >= 15 is 0 Å². The maximum atomic E-state index is 14.1. The van der Waals surface area contributed by atoms with Gasteiger partial charge in [0.25, 0.3) is 0 Å². The molecule has 0 spiro atoms. The topological polar surface area (TPSA) is 26.3 Å². The van der Waals surface area contributed by atoms with Crippen LogP contribution in [0.4, 0.5) is 17.6 Å². The third-order valence-corrected chi connectivity index (χ3v) is 3.82. The van der Waals surface area contributed by atoms with Gasteiger partial charge in [-0.05, 0) is 25.0 Å². The van der Waals surface area contributed by atoms with Crippen LogP contribution in [0.25, 0.3) is 0 Å².